The van der Waals surface area contributed by atoms with Gasteiger partial charge in [0.25, 0.3) is 0 Å². The second kappa shape index (κ2) is 9.04. The van der Waals surface area contributed by atoms with Gasteiger partial charge in [0.15, 0.2) is 0 Å². The highest BCUT2D eigenvalue weighted by Gasteiger charge is 2.07. The van der Waals surface area contributed by atoms with Gasteiger partial charge in [0.1, 0.15) is 0 Å². The summed E-state index contributed by atoms with van der Waals surface area (Å²) in [5, 5.41) is 0. The molecule has 2 nitrogen and oxygen atoms in total. The van der Waals surface area contributed by atoms with Gasteiger partial charge in [-0.25, -0.2) is 0 Å². The molecule has 0 amide bonds. The van der Waals surface area contributed by atoms with Crippen LogP contribution in [0.3, 0.4) is 0 Å². The highest BCUT2D eigenvalue weighted by Crippen LogP contribution is 2.08. The molecule has 0 aromatic heterocycles. The topological polar surface area (TPSA) is 26.3 Å². The highest BCUT2D eigenvalue weighted by molar-refractivity contribution is 5.69. The Morgan fingerprint density at radius 3 is 2.43 bits per heavy atom. The molecule has 0 spiro atoms. The zero-order chi connectivity index (χ0) is 10.8. The maximum atomic E-state index is 11.1. The van der Waals surface area contributed by atoms with Crippen LogP contribution in [-0.2, 0) is 9.53 Å². The van der Waals surface area contributed by atoms with E-state index in [4.69, 9.17) is 4.74 Å². The van der Waals surface area contributed by atoms with Crippen LogP contribution in [0.5, 0.6) is 0 Å². The summed E-state index contributed by atoms with van der Waals surface area (Å²) < 4.78 is 5.23. The Balaban J connectivity index is 3.35. The van der Waals surface area contributed by atoms with Gasteiger partial charge in [0.2, 0.25) is 0 Å². The van der Waals surface area contributed by atoms with E-state index in [-0.39, 0.29) is 12.1 Å². The van der Waals surface area contributed by atoms with Gasteiger partial charge in [0, 0.05) is 6.42 Å². The van der Waals surface area contributed by atoms with Gasteiger partial charge in [-0.3, -0.25) is 4.79 Å². The first-order valence-electron chi connectivity index (χ1n) is 5.90. The maximum Gasteiger partial charge on any atom is 0.306 e. The molecular weight excluding hydrogens is 176 g/mol. The first-order valence-corrected chi connectivity index (χ1v) is 5.90. The van der Waals surface area contributed by atoms with E-state index in [9.17, 15) is 4.79 Å². The third kappa shape index (κ3) is 8.09. The highest BCUT2D eigenvalue weighted by atomic mass is 16.5. The molecule has 1 unspecified atom stereocenters. The minimum Gasteiger partial charge on any atom is -0.463 e. The number of carbonyl (C=O) groups excluding carboxylic acids is 1. The van der Waals surface area contributed by atoms with Gasteiger partial charge >= 0.3 is 5.97 Å². The molecule has 0 saturated heterocycles. The van der Waals surface area contributed by atoms with E-state index < -0.39 is 0 Å². The van der Waals surface area contributed by atoms with Crippen molar-refractivity contribution in [3.05, 3.63) is 0 Å². The van der Waals surface area contributed by atoms with Crippen LogP contribution in [0.2, 0.25) is 0 Å². The summed E-state index contributed by atoms with van der Waals surface area (Å²) in [6, 6.07) is 0. The summed E-state index contributed by atoms with van der Waals surface area (Å²) in [4.78, 5) is 11.1. The molecule has 0 aliphatic carbocycles. The summed E-state index contributed by atoms with van der Waals surface area (Å²) in [5.74, 6) is -0.0458. The molecule has 0 saturated carbocycles. The Kier molecular flexibility index (Phi) is 8.70. The van der Waals surface area contributed by atoms with E-state index in [0.29, 0.717) is 6.42 Å². The fraction of sp³-hybridized carbons (Fsp3) is 0.917. The van der Waals surface area contributed by atoms with Crippen LogP contribution in [-0.4, -0.2) is 12.1 Å². The standard InChI is InChI=1S/C12H24O2/c1-4-6-7-8-10-11(3)14-12(13)9-5-2/h11H,4-10H2,1-3H3. The lowest BCUT2D eigenvalue weighted by molar-refractivity contribution is -0.148. The van der Waals surface area contributed by atoms with Gasteiger partial charge in [-0.05, 0) is 26.2 Å². The van der Waals surface area contributed by atoms with Crippen molar-refractivity contribution in [2.75, 3.05) is 0 Å². The molecule has 0 aromatic carbocycles. The molecule has 0 aliphatic rings. The summed E-state index contributed by atoms with van der Waals surface area (Å²) in [7, 11) is 0. The van der Waals surface area contributed by atoms with Crippen molar-refractivity contribution in [3.8, 4) is 0 Å². The van der Waals surface area contributed by atoms with Crippen LogP contribution in [0.15, 0.2) is 0 Å². The number of rotatable bonds is 8. The number of unbranched alkanes of at least 4 members (excludes halogenated alkanes) is 3. The molecule has 0 N–H and O–H groups in total. The summed E-state index contributed by atoms with van der Waals surface area (Å²) >= 11 is 0. The normalized spacial score (nSPS) is 12.5. The Morgan fingerprint density at radius 2 is 1.86 bits per heavy atom. The Hall–Kier alpha value is -0.530. The van der Waals surface area contributed by atoms with Gasteiger partial charge in [-0.2, -0.15) is 0 Å². The zero-order valence-electron chi connectivity index (χ0n) is 9.84. The van der Waals surface area contributed by atoms with E-state index in [0.717, 1.165) is 12.8 Å². The number of esters is 1. The molecule has 0 aliphatic heterocycles. The van der Waals surface area contributed by atoms with Crippen molar-refractivity contribution in [1.29, 1.82) is 0 Å². The summed E-state index contributed by atoms with van der Waals surface area (Å²) in [6.07, 6.45) is 7.52. The van der Waals surface area contributed by atoms with Crippen LogP contribution in [0.4, 0.5) is 0 Å². The lowest BCUT2D eigenvalue weighted by atomic mass is 10.1. The molecule has 84 valence electrons. The summed E-state index contributed by atoms with van der Waals surface area (Å²) in [6.45, 7) is 6.18. The van der Waals surface area contributed by atoms with Crippen molar-refractivity contribution in [1.82, 2.24) is 0 Å². The molecule has 0 bridgehead atoms. The van der Waals surface area contributed by atoms with Crippen molar-refractivity contribution in [2.45, 2.75) is 71.8 Å². The third-order valence-electron chi connectivity index (χ3n) is 2.25. The summed E-state index contributed by atoms with van der Waals surface area (Å²) in [5.41, 5.74) is 0. The van der Waals surface area contributed by atoms with Gasteiger partial charge < -0.3 is 4.74 Å². The molecule has 0 fully saturated rings. The van der Waals surface area contributed by atoms with Crippen LogP contribution in [0, 0.1) is 0 Å². The van der Waals surface area contributed by atoms with Gasteiger partial charge in [0.05, 0.1) is 6.10 Å². The fourth-order valence-corrected chi connectivity index (χ4v) is 1.40. The predicted octanol–water partition coefficient (Wildman–Crippen LogP) is 3.69. The van der Waals surface area contributed by atoms with E-state index in [1.165, 1.54) is 25.7 Å². The minimum absolute atomic E-state index is 0.0458. The van der Waals surface area contributed by atoms with Crippen LogP contribution >= 0.6 is 0 Å². The fourth-order valence-electron chi connectivity index (χ4n) is 1.40. The van der Waals surface area contributed by atoms with Gasteiger partial charge in [-0.15, -0.1) is 0 Å². The van der Waals surface area contributed by atoms with Crippen molar-refractivity contribution in [3.63, 3.8) is 0 Å². The van der Waals surface area contributed by atoms with Crippen LogP contribution < -0.4 is 0 Å². The molecule has 2 heteroatoms. The monoisotopic (exact) mass is 200 g/mol. The van der Waals surface area contributed by atoms with Crippen LogP contribution in [0.25, 0.3) is 0 Å². The Labute approximate surface area is 88.0 Å². The second-order valence-electron chi connectivity index (χ2n) is 3.90. The average molecular weight is 200 g/mol. The van der Waals surface area contributed by atoms with Gasteiger partial charge in [-0.1, -0.05) is 33.1 Å². The van der Waals surface area contributed by atoms with Crippen molar-refractivity contribution >= 4 is 5.97 Å². The number of hydrogen-bond donors (Lipinski definition) is 0. The lowest BCUT2D eigenvalue weighted by Crippen LogP contribution is -2.14. The molecule has 0 aromatic rings. The number of carbonyl (C=O) groups is 1. The SMILES string of the molecule is CCCCCCC(C)OC(=O)CCC. The van der Waals surface area contributed by atoms with Crippen molar-refractivity contribution in [2.24, 2.45) is 0 Å². The predicted molar refractivity (Wildman–Crippen MR) is 59.2 cm³/mol. The second-order valence-corrected chi connectivity index (χ2v) is 3.90. The van der Waals surface area contributed by atoms with Crippen LogP contribution in [0.1, 0.15) is 65.7 Å². The molecule has 0 heterocycles. The van der Waals surface area contributed by atoms with E-state index in [2.05, 4.69) is 6.92 Å². The van der Waals surface area contributed by atoms with E-state index in [1.807, 2.05) is 13.8 Å². The lowest BCUT2D eigenvalue weighted by Gasteiger charge is -2.12. The Bertz CT molecular complexity index is 143. The smallest absolute Gasteiger partial charge is 0.306 e. The molecular formula is C12H24O2. The molecule has 1 atom stereocenters. The number of hydrogen-bond acceptors (Lipinski definition) is 2. The third-order valence-corrected chi connectivity index (χ3v) is 2.25. The zero-order valence-corrected chi connectivity index (χ0v) is 9.84. The van der Waals surface area contributed by atoms with E-state index in [1.54, 1.807) is 0 Å². The van der Waals surface area contributed by atoms with E-state index >= 15 is 0 Å². The maximum absolute atomic E-state index is 11.1. The first kappa shape index (κ1) is 13.5. The minimum atomic E-state index is -0.0458. The average Bonchev–Trinajstić information content (AvgIpc) is 2.13. The number of ether oxygens (including phenoxy) is 1. The molecule has 0 rings (SSSR count). The Morgan fingerprint density at radius 1 is 1.14 bits per heavy atom. The first-order chi connectivity index (χ1) is 6.70. The quantitative estimate of drug-likeness (QED) is 0.441. The molecule has 14 heavy (non-hydrogen) atoms. The largest absolute Gasteiger partial charge is 0.463 e. The molecule has 0 radical (unpaired) electrons. The van der Waals surface area contributed by atoms with Crippen molar-refractivity contribution < 1.29 is 9.53 Å².